The largest absolute Gasteiger partial charge is 0.453 e. The fraction of sp³-hybridized carbons (Fsp3) is 0.426. The Labute approximate surface area is 338 Å². The Bertz CT molecular complexity index is 2380. The van der Waals surface area contributed by atoms with Gasteiger partial charge in [-0.25, -0.2) is 14.8 Å². The first kappa shape index (κ1) is 36.6. The van der Waals surface area contributed by atoms with E-state index in [4.69, 9.17) is 14.7 Å². The van der Waals surface area contributed by atoms with Crippen molar-refractivity contribution in [1.29, 1.82) is 0 Å². The van der Waals surface area contributed by atoms with Gasteiger partial charge in [-0.2, -0.15) is 0 Å². The van der Waals surface area contributed by atoms with Gasteiger partial charge in [0.15, 0.2) is 0 Å². The summed E-state index contributed by atoms with van der Waals surface area (Å²) < 4.78 is 4.77. The highest BCUT2D eigenvalue weighted by Crippen LogP contribution is 2.91. The van der Waals surface area contributed by atoms with Crippen LogP contribution in [-0.4, -0.2) is 62.4 Å². The molecule has 5 aromatic rings. The van der Waals surface area contributed by atoms with E-state index in [-0.39, 0.29) is 46.1 Å². The summed E-state index contributed by atoms with van der Waals surface area (Å²) in [6.07, 6.45) is 9.09. The Morgan fingerprint density at radius 2 is 1.47 bits per heavy atom. The lowest BCUT2D eigenvalue weighted by molar-refractivity contribution is -0.137. The Kier molecular flexibility index (Phi) is 8.48. The number of nitrogens with one attached hydrogen (secondary N) is 4. The van der Waals surface area contributed by atoms with E-state index in [2.05, 4.69) is 100 Å². The topological polar surface area (TPSA) is 145 Å². The highest BCUT2D eigenvalue weighted by Gasteiger charge is 2.93. The van der Waals surface area contributed by atoms with Crippen LogP contribution in [0.5, 0.6) is 0 Å². The molecular formula is C47H51N7O4. The minimum Gasteiger partial charge on any atom is -0.453 e. The Morgan fingerprint density at radius 3 is 2.09 bits per heavy atom. The monoisotopic (exact) mass is 777 g/mol. The molecule has 1 saturated heterocycles. The SMILES string of the molecule is COC(=O)N[C@H](C(=O)N1CCC[C@H]1c1ncc(-c2ccc(-c3ccc(-c4cnc([C@]56[C@H](C(=O)NC7(c8ccccc8)CC7)[C@@H]7CC[C@H]5[C@@]76C)[nH]4)cc3)cc2)[nH]1)C(C)C. The van der Waals surface area contributed by atoms with Crippen molar-refractivity contribution < 1.29 is 19.1 Å². The molecule has 4 N–H and O–H groups in total. The minimum absolute atomic E-state index is 0.0453. The first-order valence-corrected chi connectivity index (χ1v) is 20.9. The number of imidazole rings is 2. The number of aromatic nitrogens is 4. The lowest BCUT2D eigenvalue weighted by Gasteiger charge is -2.49. The highest BCUT2D eigenvalue weighted by molar-refractivity contribution is 5.87. The molecule has 0 spiro atoms. The van der Waals surface area contributed by atoms with Crippen LogP contribution in [0, 0.1) is 29.1 Å². The number of amides is 3. The molecular weight excluding hydrogens is 727 g/mol. The maximum atomic E-state index is 14.1. The van der Waals surface area contributed by atoms with Gasteiger partial charge in [-0.3, -0.25) is 9.59 Å². The van der Waals surface area contributed by atoms with Crippen LogP contribution in [0.25, 0.3) is 33.6 Å². The zero-order chi connectivity index (χ0) is 40.0. The Hall–Kier alpha value is -5.71. The zero-order valence-corrected chi connectivity index (χ0v) is 33.5. The number of likely N-dealkylation sites (tertiary alicyclic amines) is 1. The Morgan fingerprint density at radius 1 is 0.828 bits per heavy atom. The molecule has 5 aliphatic rings. The third kappa shape index (κ3) is 5.41. The van der Waals surface area contributed by atoms with Crippen LogP contribution in [0.3, 0.4) is 0 Å². The molecule has 58 heavy (non-hydrogen) atoms. The second-order valence-electron chi connectivity index (χ2n) is 17.8. The number of hydrogen-bond acceptors (Lipinski definition) is 6. The molecule has 2 aromatic heterocycles. The molecule has 0 radical (unpaired) electrons. The van der Waals surface area contributed by atoms with Gasteiger partial charge >= 0.3 is 6.09 Å². The fourth-order valence-electron chi connectivity index (χ4n) is 11.6. The van der Waals surface area contributed by atoms with E-state index in [1.54, 1.807) is 0 Å². The van der Waals surface area contributed by atoms with Crippen molar-refractivity contribution in [1.82, 2.24) is 35.5 Å². The van der Waals surface area contributed by atoms with Crippen molar-refractivity contribution >= 4 is 17.9 Å². The number of methoxy groups -OCH3 is 1. The number of nitrogens with zero attached hydrogens (tertiary/aromatic N) is 3. The van der Waals surface area contributed by atoms with Crippen LogP contribution in [0.2, 0.25) is 0 Å². The van der Waals surface area contributed by atoms with E-state index in [0.717, 1.165) is 83.8 Å². The number of H-pyrrole nitrogens is 2. The van der Waals surface area contributed by atoms with Gasteiger partial charge in [0.2, 0.25) is 11.8 Å². The van der Waals surface area contributed by atoms with Crippen LogP contribution in [0.1, 0.15) is 82.6 Å². The van der Waals surface area contributed by atoms with E-state index in [9.17, 15) is 14.4 Å². The van der Waals surface area contributed by atoms with E-state index < -0.39 is 12.1 Å². The van der Waals surface area contributed by atoms with Crippen molar-refractivity contribution in [3.05, 3.63) is 108 Å². The number of aromatic amines is 2. The summed E-state index contributed by atoms with van der Waals surface area (Å²) in [5, 5.41) is 6.24. The molecule has 10 rings (SSSR count). The average Bonchev–Trinajstić information content (AvgIpc) is 3.66. The van der Waals surface area contributed by atoms with Gasteiger partial charge in [0.25, 0.3) is 0 Å². The molecule has 4 saturated carbocycles. The molecule has 0 bridgehead atoms. The van der Waals surface area contributed by atoms with Crippen molar-refractivity contribution in [3.63, 3.8) is 0 Å². The summed E-state index contributed by atoms with van der Waals surface area (Å²) in [6, 6.07) is 26.5. The first-order valence-electron chi connectivity index (χ1n) is 20.9. The van der Waals surface area contributed by atoms with Gasteiger partial charge in [0.1, 0.15) is 17.7 Å². The summed E-state index contributed by atoms with van der Waals surface area (Å²) in [7, 11) is 1.30. The lowest BCUT2D eigenvalue weighted by Crippen LogP contribution is -2.57. The highest BCUT2D eigenvalue weighted by atomic mass is 16.5. The molecule has 11 nitrogen and oxygen atoms in total. The van der Waals surface area contributed by atoms with Crippen LogP contribution in [0.15, 0.2) is 91.3 Å². The van der Waals surface area contributed by atoms with Crippen molar-refractivity contribution in [2.75, 3.05) is 13.7 Å². The van der Waals surface area contributed by atoms with E-state index in [1.165, 1.54) is 12.7 Å². The minimum atomic E-state index is -0.676. The van der Waals surface area contributed by atoms with E-state index in [1.807, 2.05) is 37.2 Å². The second-order valence-corrected chi connectivity index (χ2v) is 17.8. The van der Waals surface area contributed by atoms with Crippen LogP contribution >= 0.6 is 0 Å². The van der Waals surface area contributed by atoms with Crippen molar-refractivity contribution in [2.24, 2.45) is 29.1 Å². The van der Waals surface area contributed by atoms with Crippen molar-refractivity contribution in [3.8, 4) is 33.6 Å². The molecule has 3 amide bonds. The number of carbonyl (C=O) groups excluding carboxylic acids is 3. The van der Waals surface area contributed by atoms with E-state index in [0.29, 0.717) is 18.4 Å². The zero-order valence-electron chi connectivity index (χ0n) is 33.5. The number of hydrogen-bond donors (Lipinski definition) is 4. The summed E-state index contributed by atoms with van der Waals surface area (Å²) in [4.78, 5) is 58.4. The molecule has 5 fully saturated rings. The van der Waals surface area contributed by atoms with Gasteiger partial charge in [-0.05, 0) is 89.5 Å². The summed E-state index contributed by atoms with van der Waals surface area (Å²) in [6.45, 7) is 6.82. The molecule has 7 atom stereocenters. The average molecular weight is 778 g/mol. The number of rotatable bonds is 11. The van der Waals surface area contributed by atoms with Crippen LogP contribution < -0.4 is 10.6 Å². The summed E-state index contributed by atoms with van der Waals surface area (Å²) in [5.74, 6) is 2.55. The summed E-state index contributed by atoms with van der Waals surface area (Å²) >= 11 is 0. The van der Waals surface area contributed by atoms with E-state index >= 15 is 0 Å². The normalized spacial score (nSPS) is 27.7. The predicted octanol–water partition coefficient (Wildman–Crippen LogP) is 7.90. The van der Waals surface area contributed by atoms with Crippen LogP contribution in [0.4, 0.5) is 4.79 Å². The lowest BCUT2D eigenvalue weighted by atomic mass is 9.55. The third-order valence-corrected chi connectivity index (χ3v) is 14.8. The van der Waals surface area contributed by atoms with Crippen LogP contribution in [-0.2, 0) is 25.3 Å². The molecule has 0 unspecified atom stereocenters. The van der Waals surface area contributed by atoms with Gasteiger partial charge in [0.05, 0.1) is 48.4 Å². The standard InChI is InChI=1S/C47H51N7O4/c1-27(2)39(52-44(57)58-4)42(56)54-24-8-11-36(54)40-48-25-34(50-40)30-16-12-28(13-17-30)29-14-18-31(19-15-29)35-26-49-43(51-35)47-37-21-20-33(45(37,47)3)38(47)41(55)53-46(22-23-46)32-9-6-5-7-10-32/h5-7,9-10,12-19,25-27,33,36-39H,8,11,20-24H2,1-4H3,(H,48,50)(H,49,51)(H,52,57)(H,53,55)/t33-,36-,37-,38-,39-,45+,47+/m0/s1. The number of fused-ring (bicyclic) bond motifs is 1. The quantitative estimate of drug-likeness (QED) is 0.107. The number of carbonyl (C=O) groups is 3. The first-order chi connectivity index (χ1) is 28.1. The third-order valence-electron chi connectivity index (χ3n) is 14.8. The maximum Gasteiger partial charge on any atom is 0.407 e. The smallest absolute Gasteiger partial charge is 0.407 e. The number of alkyl carbamates (subject to hydrolysis) is 1. The fourth-order valence-corrected chi connectivity index (χ4v) is 11.6. The van der Waals surface area contributed by atoms with Gasteiger partial charge < -0.3 is 30.2 Å². The molecule has 1 aliphatic heterocycles. The predicted molar refractivity (Wildman–Crippen MR) is 220 cm³/mol. The summed E-state index contributed by atoms with van der Waals surface area (Å²) in [5.41, 5.74) is 7.05. The molecule has 11 heteroatoms. The second kappa shape index (κ2) is 13.4. The van der Waals surface area contributed by atoms with Gasteiger partial charge in [0, 0.05) is 12.0 Å². The van der Waals surface area contributed by atoms with Crippen molar-refractivity contribution in [2.45, 2.75) is 82.3 Å². The molecule has 4 aliphatic carbocycles. The molecule has 298 valence electrons. The molecule has 3 heterocycles. The number of benzene rings is 3. The maximum absolute atomic E-state index is 14.1. The van der Waals surface area contributed by atoms with Gasteiger partial charge in [-0.15, -0.1) is 0 Å². The molecule has 3 aromatic carbocycles. The van der Waals surface area contributed by atoms with Gasteiger partial charge in [-0.1, -0.05) is 99.6 Å². The Balaban J connectivity index is 0.817. The number of ether oxygens (including phenoxy) is 1.